The van der Waals surface area contributed by atoms with Crippen LogP contribution in [0.2, 0.25) is 0 Å². The van der Waals surface area contributed by atoms with E-state index in [0.717, 1.165) is 25.6 Å². The summed E-state index contributed by atoms with van der Waals surface area (Å²) in [6.07, 6.45) is 1.01. The van der Waals surface area contributed by atoms with Crippen molar-refractivity contribution in [2.75, 3.05) is 32.0 Å². The predicted octanol–water partition coefficient (Wildman–Crippen LogP) is 2.03. The first-order valence-electron chi connectivity index (χ1n) is 6.12. The largest absolute Gasteiger partial charge is 0.478 e. The number of aromatic carboxylic acids is 1. The molecule has 0 amide bonds. The lowest BCUT2D eigenvalue weighted by molar-refractivity contribution is 0.0690. The normalized spacial score (nSPS) is 19.6. The summed E-state index contributed by atoms with van der Waals surface area (Å²) in [5.41, 5.74) is -0.638. The third-order valence-corrected chi connectivity index (χ3v) is 3.38. The van der Waals surface area contributed by atoms with Gasteiger partial charge in [-0.1, -0.05) is 0 Å². The second-order valence-electron chi connectivity index (χ2n) is 4.89. The van der Waals surface area contributed by atoms with Gasteiger partial charge in [0, 0.05) is 13.1 Å². The van der Waals surface area contributed by atoms with Gasteiger partial charge in [0.1, 0.15) is 0 Å². The molecule has 1 unspecified atom stereocenters. The highest BCUT2D eigenvalue weighted by Gasteiger charge is 2.21. The van der Waals surface area contributed by atoms with Gasteiger partial charge in [-0.25, -0.2) is 13.6 Å². The van der Waals surface area contributed by atoms with E-state index < -0.39 is 23.2 Å². The monoisotopic (exact) mass is 270 g/mol. The average molecular weight is 270 g/mol. The number of carboxylic acid groups (broad SMARTS) is 1. The summed E-state index contributed by atoms with van der Waals surface area (Å²) in [6.45, 7) is 2.47. The van der Waals surface area contributed by atoms with Crippen molar-refractivity contribution < 1.29 is 18.7 Å². The summed E-state index contributed by atoms with van der Waals surface area (Å²) in [7, 11) is 2.02. The van der Waals surface area contributed by atoms with Crippen LogP contribution in [0.3, 0.4) is 0 Å². The highest BCUT2D eigenvalue weighted by atomic mass is 19.2. The van der Waals surface area contributed by atoms with Gasteiger partial charge in [0.2, 0.25) is 0 Å². The van der Waals surface area contributed by atoms with E-state index in [4.69, 9.17) is 5.11 Å². The number of hydrogen-bond donors (Lipinski definition) is 2. The zero-order chi connectivity index (χ0) is 14.0. The molecule has 6 heteroatoms. The molecule has 0 radical (unpaired) electrons. The number of carboxylic acids is 1. The lowest BCUT2D eigenvalue weighted by atomic mass is 10.1. The molecule has 2 rings (SSSR count). The van der Waals surface area contributed by atoms with E-state index in [0.29, 0.717) is 12.5 Å². The van der Waals surface area contributed by atoms with Crippen molar-refractivity contribution >= 4 is 11.7 Å². The molecule has 104 valence electrons. The SMILES string of the molecule is CN1CCC(CNc2ccc(C(=O)O)c(F)c2F)C1. The maximum Gasteiger partial charge on any atom is 0.338 e. The summed E-state index contributed by atoms with van der Waals surface area (Å²) >= 11 is 0. The molecular weight excluding hydrogens is 254 g/mol. The van der Waals surface area contributed by atoms with E-state index in [9.17, 15) is 13.6 Å². The van der Waals surface area contributed by atoms with Crippen LogP contribution in [0.5, 0.6) is 0 Å². The van der Waals surface area contributed by atoms with E-state index >= 15 is 0 Å². The van der Waals surface area contributed by atoms with Crippen LogP contribution in [-0.2, 0) is 0 Å². The third-order valence-electron chi connectivity index (χ3n) is 3.38. The minimum absolute atomic E-state index is 0.0112. The van der Waals surface area contributed by atoms with Crippen LogP contribution < -0.4 is 5.32 Å². The fourth-order valence-electron chi connectivity index (χ4n) is 2.30. The predicted molar refractivity (Wildman–Crippen MR) is 67.4 cm³/mol. The van der Waals surface area contributed by atoms with Crippen LogP contribution in [0.15, 0.2) is 12.1 Å². The smallest absolute Gasteiger partial charge is 0.338 e. The topological polar surface area (TPSA) is 52.6 Å². The Bertz CT molecular complexity index is 494. The lowest BCUT2D eigenvalue weighted by Gasteiger charge is -2.14. The molecule has 0 bridgehead atoms. The van der Waals surface area contributed by atoms with Gasteiger partial charge < -0.3 is 15.3 Å². The molecule has 0 aliphatic carbocycles. The fraction of sp³-hybridized carbons (Fsp3) is 0.462. The number of nitrogens with zero attached hydrogens (tertiary/aromatic N) is 1. The van der Waals surface area contributed by atoms with Gasteiger partial charge in [-0.15, -0.1) is 0 Å². The maximum absolute atomic E-state index is 13.7. The number of carbonyl (C=O) groups is 1. The van der Waals surface area contributed by atoms with Crippen LogP contribution in [0.4, 0.5) is 14.5 Å². The van der Waals surface area contributed by atoms with Crippen LogP contribution in [0.1, 0.15) is 16.8 Å². The highest BCUT2D eigenvalue weighted by Crippen LogP contribution is 2.22. The molecule has 2 N–H and O–H groups in total. The van der Waals surface area contributed by atoms with Crippen LogP contribution >= 0.6 is 0 Å². The second kappa shape index (κ2) is 5.52. The van der Waals surface area contributed by atoms with Gasteiger partial charge in [0.05, 0.1) is 11.3 Å². The Morgan fingerprint density at radius 1 is 1.47 bits per heavy atom. The number of hydrogen-bond acceptors (Lipinski definition) is 3. The van der Waals surface area contributed by atoms with Gasteiger partial charge >= 0.3 is 5.97 Å². The van der Waals surface area contributed by atoms with Crippen molar-refractivity contribution in [3.63, 3.8) is 0 Å². The quantitative estimate of drug-likeness (QED) is 0.879. The number of benzene rings is 1. The number of anilines is 1. The molecule has 1 fully saturated rings. The first kappa shape index (κ1) is 13.7. The van der Waals surface area contributed by atoms with Gasteiger partial charge in [-0.3, -0.25) is 0 Å². The standard InChI is InChI=1S/C13H16F2N2O2/c1-17-5-4-8(7-17)6-16-10-3-2-9(13(18)19)11(14)12(10)15/h2-3,8,16H,4-7H2,1H3,(H,18,19). The van der Waals surface area contributed by atoms with E-state index in [1.807, 2.05) is 7.05 Å². The van der Waals surface area contributed by atoms with E-state index in [1.54, 1.807) is 0 Å². The third kappa shape index (κ3) is 3.01. The molecule has 1 heterocycles. The minimum atomic E-state index is -1.47. The van der Waals surface area contributed by atoms with Crippen molar-refractivity contribution in [2.24, 2.45) is 5.92 Å². The zero-order valence-corrected chi connectivity index (χ0v) is 10.6. The van der Waals surface area contributed by atoms with E-state index in [-0.39, 0.29) is 5.69 Å². The average Bonchev–Trinajstić information content (AvgIpc) is 2.76. The first-order valence-corrected chi connectivity index (χ1v) is 6.12. The van der Waals surface area contributed by atoms with Crippen molar-refractivity contribution in [2.45, 2.75) is 6.42 Å². The molecule has 4 nitrogen and oxygen atoms in total. The highest BCUT2D eigenvalue weighted by molar-refractivity contribution is 5.88. The van der Waals surface area contributed by atoms with Gasteiger partial charge in [0.25, 0.3) is 0 Å². The Hall–Kier alpha value is -1.69. The van der Waals surface area contributed by atoms with E-state index in [1.165, 1.54) is 6.07 Å². The molecule has 19 heavy (non-hydrogen) atoms. The molecular formula is C13H16F2N2O2. The molecule has 1 atom stereocenters. The van der Waals surface area contributed by atoms with Gasteiger partial charge in [0.15, 0.2) is 11.6 Å². The number of likely N-dealkylation sites (tertiary alicyclic amines) is 1. The molecule has 1 aromatic rings. The van der Waals surface area contributed by atoms with Crippen LogP contribution in [0.25, 0.3) is 0 Å². The maximum atomic E-state index is 13.7. The van der Waals surface area contributed by atoms with Crippen molar-refractivity contribution in [1.29, 1.82) is 0 Å². The van der Waals surface area contributed by atoms with Gasteiger partial charge in [-0.2, -0.15) is 0 Å². The Morgan fingerprint density at radius 2 is 2.21 bits per heavy atom. The van der Waals surface area contributed by atoms with Gasteiger partial charge in [-0.05, 0) is 38.1 Å². The minimum Gasteiger partial charge on any atom is -0.478 e. The number of halogens is 2. The van der Waals surface area contributed by atoms with Crippen molar-refractivity contribution in [3.05, 3.63) is 29.3 Å². The summed E-state index contributed by atoms with van der Waals surface area (Å²) in [5, 5.41) is 11.5. The Kier molecular flexibility index (Phi) is 3.99. The molecule has 1 saturated heterocycles. The number of rotatable bonds is 4. The molecule has 1 aliphatic rings. The fourth-order valence-corrected chi connectivity index (χ4v) is 2.30. The Balaban J connectivity index is 2.05. The molecule has 0 saturated carbocycles. The van der Waals surface area contributed by atoms with Crippen molar-refractivity contribution in [3.8, 4) is 0 Å². The second-order valence-corrected chi connectivity index (χ2v) is 4.89. The summed E-state index contributed by atoms with van der Waals surface area (Å²) < 4.78 is 27.1. The summed E-state index contributed by atoms with van der Waals surface area (Å²) in [4.78, 5) is 12.8. The summed E-state index contributed by atoms with van der Waals surface area (Å²) in [6, 6.07) is 2.34. The molecule has 1 aromatic carbocycles. The molecule has 0 aromatic heterocycles. The Morgan fingerprint density at radius 3 is 2.79 bits per heavy atom. The van der Waals surface area contributed by atoms with Crippen LogP contribution in [-0.4, -0.2) is 42.7 Å². The molecule has 0 spiro atoms. The first-order chi connectivity index (χ1) is 8.99. The summed E-state index contributed by atoms with van der Waals surface area (Å²) in [5.74, 6) is -3.53. The lowest BCUT2D eigenvalue weighted by Crippen LogP contribution is -2.19. The van der Waals surface area contributed by atoms with Crippen molar-refractivity contribution in [1.82, 2.24) is 4.90 Å². The van der Waals surface area contributed by atoms with Crippen LogP contribution in [0, 0.1) is 17.6 Å². The zero-order valence-electron chi connectivity index (χ0n) is 10.6. The Labute approximate surface area is 110 Å². The number of nitrogens with one attached hydrogen (secondary N) is 1. The molecule has 1 aliphatic heterocycles. The van der Waals surface area contributed by atoms with E-state index in [2.05, 4.69) is 10.2 Å².